The highest BCUT2D eigenvalue weighted by Gasteiger charge is 2.23. The maximum Gasteiger partial charge on any atom is 0.295 e. The summed E-state index contributed by atoms with van der Waals surface area (Å²) in [6.07, 6.45) is 2.40. The van der Waals surface area contributed by atoms with Crippen LogP contribution in [-0.4, -0.2) is 26.8 Å². The number of furan rings is 1. The minimum absolute atomic E-state index is 0.0305. The predicted octanol–water partition coefficient (Wildman–Crippen LogP) is 3.41. The average Bonchev–Trinajstić information content (AvgIpc) is 3.33. The van der Waals surface area contributed by atoms with Gasteiger partial charge in [0.05, 0.1) is 17.7 Å². The van der Waals surface area contributed by atoms with Gasteiger partial charge in [0.25, 0.3) is 20.0 Å². The molecule has 29 heavy (non-hydrogen) atoms. The molecule has 2 aromatic heterocycles. The minimum atomic E-state index is -4.16. The lowest BCUT2D eigenvalue weighted by molar-refractivity contribution is 0.484. The summed E-state index contributed by atoms with van der Waals surface area (Å²) < 4.78 is 60.4. The molecule has 0 bridgehead atoms. The lowest BCUT2D eigenvalue weighted by Gasteiger charge is -2.13. The zero-order valence-electron chi connectivity index (χ0n) is 14.5. The lowest BCUT2D eigenvalue weighted by atomic mass is 10.3. The van der Waals surface area contributed by atoms with E-state index in [0.29, 0.717) is 11.0 Å². The number of rotatable bonds is 6. The van der Waals surface area contributed by atoms with Crippen molar-refractivity contribution in [1.29, 1.82) is 0 Å². The second kappa shape index (κ2) is 7.10. The van der Waals surface area contributed by atoms with Crippen LogP contribution in [0.1, 0.15) is 0 Å². The number of hydrogen-bond acceptors (Lipinski definition) is 6. The van der Waals surface area contributed by atoms with E-state index < -0.39 is 20.0 Å². The number of aromatic amines is 1. The maximum atomic E-state index is 12.8. The normalized spacial score (nSPS) is 12.2. The number of nitrogens with one attached hydrogen (secondary N) is 3. The molecule has 0 saturated heterocycles. The molecule has 0 fully saturated rings. The van der Waals surface area contributed by atoms with Crippen LogP contribution in [0, 0.1) is 0 Å². The molecule has 4 aromatic rings. The number of sulfonamides is 2. The number of hydrogen-bond donors (Lipinski definition) is 3. The highest BCUT2D eigenvalue weighted by molar-refractivity contribution is 7.93. The molecular formula is C17H13ClN4O5S2. The van der Waals surface area contributed by atoms with Crippen LogP contribution in [0.15, 0.2) is 75.6 Å². The van der Waals surface area contributed by atoms with Crippen molar-refractivity contribution < 1.29 is 21.3 Å². The molecule has 0 amide bonds. The van der Waals surface area contributed by atoms with E-state index >= 15 is 0 Å². The van der Waals surface area contributed by atoms with Crippen molar-refractivity contribution in [3.8, 4) is 0 Å². The third-order valence-electron chi connectivity index (χ3n) is 3.89. The van der Waals surface area contributed by atoms with Gasteiger partial charge in [-0.2, -0.15) is 16.8 Å². The molecule has 0 atom stereocenters. The van der Waals surface area contributed by atoms with Gasteiger partial charge in [-0.15, -0.1) is 0 Å². The molecule has 0 saturated carbocycles. The zero-order valence-corrected chi connectivity index (χ0v) is 16.8. The van der Waals surface area contributed by atoms with E-state index in [4.69, 9.17) is 16.0 Å². The smallest absolute Gasteiger partial charge is 0.295 e. The monoisotopic (exact) mass is 452 g/mol. The molecule has 2 aromatic carbocycles. The van der Waals surface area contributed by atoms with Gasteiger partial charge in [0.15, 0.2) is 5.03 Å². The third-order valence-corrected chi connectivity index (χ3v) is 6.60. The minimum Gasteiger partial charge on any atom is -0.443 e. The summed E-state index contributed by atoms with van der Waals surface area (Å²) in [5, 5.41) is 0.242. The molecule has 0 aliphatic rings. The van der Waals surface area contributed by atoms with E-state index in [9.17, 15) is 16.8 Å². The Morgan fingerprint density at radius 2 is 1.69 bits per heavy atom. The summed E-state index contributed by atoms with van der Waals surface area (Å²) in [4.78, 5) is 6.23. The predicted molar refractivity (Wildman–Crippen MR) is 108 cm³/mol. The highest BCUT2D eigenvalue weighted by atomic mass is 35.5. The number of nitrogens with zero attached hydrogens (tertiary/aromatic N) is 1. The summed E-state index contributed by atoms with van der Waals surface area (Å²) in [7, 11) is -8.20. The maximum absolute atomic E-state index is 12.8. The van der Waals surface area contributed by atoms with Gasteiger partial charge in [0, 0.05) is 22.7 Å². The topological polar surface area (TPSA) is 134 Å². The molecule has 150 valence electrons. The molecule has 0 radical (unpaired) electrons. The van der Waals surface area contributed by atoms with Gasteiger partial charge >= 0.3 is 0 Å². The van der Waals surface area contributed by atoms with Crippen LogP contribution in [0.2, 0.25) is 5.02 Å². The number of H-pyrrole nitrogens is 1. The number of halogens is 1. The fraction of sp³-hybridized carbons (Fsp3) is 0. The molecule has 9 nitrogen and oxygen atoms in total. The molecule has 12 heteroatoms. The number of para-hydroxylation sites is 1. The molecule has 2 heterocycles. The van der Waals surface area contributed by atoms with E-state index in [2.05, 4.69) is 19.4 Å². The summed E-state index contributed by atoms with van der Waals surface area (Å²) >= 11 is 5.97. The SMILES string of the molecule is O=S(=O)(Nc1ccc(Cl)cc1NS(=O)(=O)c1cc2ccccc2o1)c1c[nH]cn1. The van der Waals surface area contributed by atoms with E-state index in [1.165, 1.54) is 36.8 Å². The Morgan fingerprint density at radius 3 is 2.41 bits per heavy atom. The number of benzene rings is 2. The van der Waals surface area contributed by atoms with Crippen molar-refractivity contribution in [2.45, 2.75) is 10.1 Å². The van der Waals surface area contributed by atoms with Crippen LogP contribution in [0.4, 0.5) is 11.4 Å². The second-order valence-corrected chi connectivity index (χ2v) is 9.59. The van der Waals surface area contributed by atoms with Gasteiger partial charge in [-0.3, -0.25) is 9.44 Å². The van der Waals surface area contributed by atoms with Gasteiger partial charge in [-0.25, -0.2) is 4.98 Å². The van der Waals surface area contributed by atoms with E-state index in [-0.39, 0.29) is 26.5 Å². The molecule has 3 N–H and O–H groups in total. The second-order valence-electron chi connectivity index (χ2n) is 5.91. The fourth-order valence-corrected chi connectivity index (χ4v) is 4.77. The van der Waals surface area contributed by atoms with E-state index in [1.807, 2.05) is 0 Å². The number of anilines is 2. The van der Waals surface area contributed by atoms with Crippen molar-refractivity contribution in [2.75, 3.05) is 9.44 Å². The van der Waals surface area contributed by atoms with Crippen LogP contribution >= 0.6 is 11.6 Å². The Bertz CT molecular complexity index is 1360. The first kappa shape index (κ1) is 19.3. The molecule has 0 aliphatic heterocycles. The van der Waals surface area contributed by atoms with Gasteiger partial charge in [-0.05, 0) is 24.3 Å². The molecule has 0 spiro atoms. The third kappa shape index (κ3) is 3.92. The number of aromatic nitrogens is 2. The zero-order chi connectivity index (χ0) is 20.6. The largest absolute Gasteiger partial charge is 0.443 e. The van der Waals surface area contributed by atoms with Crippen molar-refractivity contribution in [2.24, 2.45) is 0 Å². The van der Waals surface area contributed by atoms with Gasteiger partial charge < -0.3 is 9.40 Å². The Labute approximate surface area is 170 Å². The van der Waals surface area contributed by atoms with Gasteiger partial charge in [-0.1, -0.05) is 29.8 Å². The lowest BCUT2D eigenvalue weighted by Crippen LogP contribution is -2.17. The highest BCUT2D eigenvalue weighted by Crippen LogP contribution is 2.31. The summed E-state index contributed by atoms with van der Waals surface area (Å²) in [6, 6.07) is 12.2. The molecule has 4 rings (SSSR count). The molecule has 0 aliphatic carbocycles. The van der Waals surface area contributed by atoms with E-state index in [1.54, 1.807) is 24.3 Å². The Hall–Kier alpha value is -3.02. The first-order valence-corrected chi connectivity index (χ1v) is 11.4. The van der Waals surface area contributed by atoms with Crippen molar-refractivity contribution in [3.63, 3.8) is 0 Å². The Balaban J connectivity index is 1.70. The van der Waals surface area contributed by atoms with Crippen LogP contribution in [0.3, 0.4) is 0 Å². The van der Waals surface area contributed by atoms with Crippen molar-refractivity contribution in [1.82, 2.24) is 9.97 Å². The quantitative estimate of drug-likeness (QED) is 0.410. The first-order valence-electron chi connectivity index (χ1n) is 8.07. The van der Waals surface area contributed by atoms with Crippen molar-refractivity contribution in [3.05, 3.63) is 66.1 Å². The van der Waals surface area contributed by atoms with Gasteiger partial charge in [0.2, 0.25) is 5.09 Å². The Kier molecular flexibility index (Phi) is 4.73. The number of fused-ring (bicyclic) bond motifs is 1. The summed E-state index contributed by atoms with van der Waals surface area (Å²) in [6.45, 7) is 0. The van der Waals surface area contributed by atoms with Gasteiger partial charge in [0.1, 0.15) is 5.58 Å². The molecule has 0 unspecified atom stereocenters. The van der Waals surface area contributed by atoms with Crippen molar-refractivity contribution >= 4 is 54.0 Å². The number of imidazole rings is 1. The summed E-state index contributed by atoms with van der Waals surface area (Å²) in [5.41, 5.74) is 0.299. The van der Waals surface area contributed by atoms with Crippen LogP contribution in [0.25, 0.3) is 11.0 Å². The standard InChI is InChI=1S/C17H13ClN4O5S2/c18-12-5-6-13(21-28(23,24)16-9-19-10-20-16)14(8-12)22-29(25,26)17-7-11-3-1-2-4-15(11)27-17/h1-10,21-22H,(H,19,20). The fourth-order valence-electron chi connectivity index (χ4n) is 2.57. The molecular weight excluding hydrogens is 440 g/mol. The average molecular weight is 453 g/mol. The van der Waals surface area contributed by atoms with Crippen LogP contribution in [0.5, 0.6) is 0 Å². The summed E-state index contributed by atoms with van der Waals surface area (Å²) in [5.74, 6) is 0. The van der Waals surface area contributed by atoms with Crippen LogP contribution < -0.4 is 9.44 Å². The van der Waals surface area contributed by atoms with Crippen LogP contribution in [-0.2, 0) is 20.0 Å². The van der Waals surface area contributed by atoms with E-state index in [0.717, 1.165) is 0 Å². The Morgan fingerprint density at radius 1 is 0.931 bits per heavy atom. The first-order chi connectivity index (χ1) is 13.7.